The van der Waals surface area contributed by atoms with Crippen molar-refractivity contribution in [1.82, 2.24) is 5.32 Å². The number of benzene rings is 2. The maximum Gasteiger partial charge on any atom is 0.241 e. The third kappa shape index (κ3) is 5.77. The minimum absolute atomic E-state index is 0.146. The Bertz CT molecular complexity index is 933. The van der Waals surface area contributed by atoms with Gasteiger partial charge in [0.2, 0.25) is 15.9 Å². The van der Waals surface area contributed by atoms with Crippen molar-refractivity contribution < 1.29 is 17.9 Å². The molecule has 0 saturated heterocycles. The Kier molecular flexibility index (Phi) is 7.57. The standard InChI is InChI=1S/C19H22Cl2N2O4S/c1-4-17(13-5-8-15(27-2)9-6-13)22-19(24)12-23(28(3,25)26)18-10-7-14(20)11-16(18)21/h5-11,17H,4,12H2,1-3H3,(H,22,24). The van der Waals surface area contributed by atoms with Crippen LogP contribution in [-0.4, -0.2) is 34.2 Å². The van der Waals surface area contributed by atoms with E-state index in [1.54, 1.807) is 19.2 Å². The summed E-state index contributed by atoms with van der Waals surface area (Å²) in [5.41, 5.74) is 1.09. The van der Waals surface area contributed by atoms with Crippen LogP contribution in [0.25, 0.3) is 0 Å². The summed E-state index contributed by atoms with van der Waals surface area (Å²) < 4.78 is 30.6. The highest BCUT2D eigenvalue weighted by molar-refractivity contribution is 7.92. The second kappa shape index (κ2) is 9.49. The second-order valence-electron chi connectivity index (χ2n) is 6.17. The number of amides is 1. The zero-order chi connectivity index (χ0) is 20.9. The van der Waals surface area contributed by atoms with Gasteiger partial charge in [0.15, 0.2) is 0 Å². The SMILES string of the molecule is CCC(NC(=O)CN(c1ccc(Cl)cc1Cl)S(C)(=O)=O)c1ccc(OC)cc1. The van der Waals surface area contributed by atoms with E-state index >= 15 is 0 Å². The van der Waals surface area contributed by atoms with Crippen LogP contribution in [0, 0.1) is 0 Å². The Hall–Kier alpha value is -1.96. The number of sulfonamides is 1. The molecule has 6 nitrogen and oxygen atoms in total. The maximum atomic E-state index is 12.6. The molecule has 0 aliphatic carbocycles. The Morgan fingerprint density at radius 1 is 1.18 bits per heavy atom. The molecule has 0 bridgehead atoms. The molecule has 1 unspecified atom stereocenters. The number of methoxy groups -OCH3 is 1. The first-order chi connectivity index (χ1) is 13.2. The summed E-state index contributed by atoms with van der Waals surface area (Å²) in [5.74, 6) is 0.268. The summed E-state index contributed by atoms with van der Waals surface area (Å²) in [6, 6.07) is 11.5. The molecular weight excluding hydrogens is 423 g/mol. The lowest BCUT2D eigenvalue weighted by molar-refractivity contribution is -0.120. The lowest BCUT2D eigenvalue weighted by Crippen LogP contribution is -2.41. The molecule has 0 radical (unpaired) electrons. The van der Waals surface area contributed by atoms with Gasteiger partial charge in [-0.25, -0.2) is 8.42 Å². The number of anilines is 1. The average Bonchev–Trinajstić information content (AvgIpc) is 2.64. The number of ether oxygens (including phenoxy) is 1. The van der Waals surface area contributed by atoms with Gasteiger partial charge in [-0.2, -0.15) is 0 Å². The van der Waals surface area contributed by atoms with Crippen molar-refractivity contribution in [3.8, 4) is 5.75 Å². The van der Waals surface area contributed by atoms with Crippen molar-refractivity contribution >= 4 is 44.8 Å². The molecule has 0 spiro atoms. The molecule has 0 aliphatic rings. The number of hydrogen-bond donors (Lipinski definition) is 1. The van der Waals surface area contributed by atoms with Crippen molar-refractivity contribution in [2.45, 2.75) is 19.4 Å². The van der Waals surface area contributed by atoms with E-state index in [1.807, 2.05) is 19.1 Å². The fourth-order valence-corrected chi connectivity index (χ4v) is 4.12. The van der Waals surface area contributed by atoms with E-state index in [1.165, 1.54) is 18.2 Å². The predicted molar refractivity (Wildman–Crippen MR) is 113 cm³/mol. The van der Waals surface area contributed by atoms with Crippen LogP contribution >= 0.6 is 23.2 Å². The van der Waals surface area contributed by atoms with Crippen LogP contribution in [0.15, 0.2) is 42.5 Å². The van der Waals surface area contributed by atoms with Crippen molar-refractivity contribution in [3.05, 3.63) is 58.1 Å². The number of carbonyl (C=O) groups is 1. The molecule has 152 valence electrons. The summed E-state index contributed by atoms with van der Waals surface area (Å²) in [7, 11) is -2.16. The smallest absolute Gasteiger partial charge is 0.241 e. The highest BCUT2D eigenvalue weighted by Crippen LogP contribution is 2.30. The highest BCUT2D eigenvalue weighted by atomic mass is 35.5. The molecule has 0 saturated carbocycles. The van der Waals surface area contributed by atoms with Gasteiger partial charge in [0.25, 0.3) is 0 Å². The van der Waals surface area contributed by atoms with E-state index in [4.69, 9.17) is 27.9 Å². The quantitative estimate of drug-likeness (QED) is 0.666. The van der Waals surface area contributed by atoms with E-state index in [-0.39, 0.29) is 16.8 Å². The van der Waals surface area contributed by atoms with Crippen molar-refractivity contribution in [2.24, 2.45) is 0 Å². The first kappa shape index (κ1) is 22.3. The number of nitrogens with one attached hydrogen (secondary N) is 1. The van der Waals surface area contributed by atoms with Crippen LogP contribution in [0.3, 0.4) is 0 Å². The molecule has 2 rings (SSSR count). The van der Waals surface area contributed by atoms with Gasteiger partial charge in [-0.1, -0.05) is 42.3 Å². The number of carbonyl (C=O) groups excluding carboxylic acids is 1. The number of hydrogen-bond acceptors (Lipinski definition) is 4. The highest BCUT2D eigenvalue weighted by Gasteiger charge is 2.24. The van der Waals surface area contributed by atoms with E-state index in [0.29, 0.717) is 17.2 Å². The zero-order valence-corrected chi connectivity index (χ0v) is 18.1. The minimum Gasteiger partial charge on any atom is -0.497 e. The summed E-state index contributed by atoms with van der Waals surface area (Å²) in [5, 5.41) is 3.39. The summed E-state index contributed by atoms with van der Waals surface area (Å²) in [6.45, 7) is 1.53. The monoisotopic (exact) mass is 444 g/mol. The summed E-state index contributed by atoms with van der Waals surface area (Å²) in [6.07, 6.45) is 1.66. The first-order valence-corrected chi connectivity index (χ1v) is 11.1. The third-order valence-corrected chi connectivity index (χ3v) is 5.79. The molecule has 1 amide bonds. The van der Waals surface area contributed by atoms with Gasteiger partial charge in [0, 0.05) is 5.02 Å². The molecule has 0 heterocycles. The minimum atomic E-state index is -3.74. The van der Waals surface area contributed by atoms with Gasteiger partial charge < -0.3 is 10.1 Å². The molecule has 0 fully saturated rings. The molecular formula is C19H22Cl2N2O4S. The number of halogens is 2. The van der Waals surface area contributed by atoms with Gasteiger partial charge in [0.1, 0.15) is 12.3 Å². The Morgan fingerprint density at radius 3 is 2.32 bits per heavy atom. The Labute approximate surface area is 175 Å². The second-order valence-corrected chi connectivity index (χ2v) is 8.92. The van der Waals surface area contributed by atoms with Crippen LogP contribution in [0.1, 0.15) is 24.9 Å². The van der Waals surface area contributed by atoms with E-state index in [9.17, 15) is 13.2 Å². The molecule has 1 atom stereocenters. The summed E-state index contributed by atoms with van der Waals surface area (Å²) in [4.78, 5) is 12.6. The maximum absolute atomic E-state index is 12.6. The number of nitrogens with zero attached hydrogens (tertiary/aromatic N) is 1. The average molecular weight is 445 g/mol. The molecule has 9 heteroatoms. The predicted octanol–water partition coefficient (Wildman–Crippen LogP) is 4.04. The molecule has 1 N–H and O–H groups in total. The lowest BCUT2D eigenvalue weighted by Gasteiger charge is -2.25. The van der Waals surface area contributed by atoms with Gasteiger partial charge in [0.05, 0.1) is 30.1 Å². The van der Waals surface area contributed by atoms with Crippen molar-refractivity contribution in [1.29, 1.82) is 0 Å². The molecule has 2 aromatic carbocycles. The molecule has 0 aromatic heterocycles. The van der Waals surface area contributed by atoms with E-state index in [0.717, 1.165) is 16.1 Å². The Balaban J connectivity index is 2.20. The topological polar surface area (TPSA) is 75.7 Å². The van der Waals surface area contributed by atoms with Gasteiger partial charge in [-0.3, -0.25) is 9.10 Å². The largest absolute Gasteiger partial charge is 0.497 e. The summed E-state index contributed by atoms with van der Waals surface area (Å²) >= 11 is 12.0. The van der Waals surface area contributed by atoms with Crippen LogP contribution in [0.4, 0.5) is 5.69 Å². The van der Waals surface area contributed by atoms with Gasteiger partial charge >= 0.3 is 0 Å². The zero-order valence-electron chi connectivity index (χ0n) is 15.8. The van der Waals surface area contributed by atoms with Crippen LogP contribution < -0.4 is 14.4 Å². The van der Waals surface area contributed by atoms with E-state index in [2.05, 4.69) is 5.32 Å². The van der Waals surface area contributed by atoms with Gasteiger partial charge in [-0.15, -0.1) is 0 Å². The molecule has 2 aromatic rings. The van der Waals surface area contributed by atoms with Crippen LogP contribution in [0.5, 0.6) is 5.75 Å². The van der Waals surface area contributed by atoms with Crippen molar-refractivity contribution in [3.63, 3.8) is 0 Å². The number of rotatable bonds is 8. The fourth-order valence-electron chi connectivity index (χ4n) is 2.69. The Morgan fingerprint density at radius 2 is 1.82 bits per heavy atom. The van der Waals surface area contributed by atoms with Crippen molar-refractivity contribution in [2.75, 3.05) is 24.2 Å². The normalized spacial score (nSPS) is 12.3. The van der Waals surface area contributed by atoms with Gasteiger partial charge in [-0.05, 0) is 42.3 Å². The molecule has 28 heavy (non-hydrogen) atoms. The first-order valence-electron chi connectivity index (χ1n) is 8.51. The molecule has 0 aliphatic heterocycles. The fraction of sp³-hybridized carbons (Fsp3) is 0.316. The third-order valence-electron chi connectivity index (χ3n) is 4.13. The van der Waals surface area contributed by atoms with E-state index < -0.39 is 22.5 Å². The van der Waals surface area contributed by atoms with Crippen LogP contribution in [-0.2, 0) is 14.8 Å². The lowest BCUT2D eigenvalue weighted by atomic mass is 10.0. The van der Waals surface area contributed by atoms with Crippen LogP contribution in [0.2, 0.25) is 10.0 Å².